The standard InChI is InChI=1S/C20H19N5O3S/c1-11(2)29(27,28)13-3-4-16-14(8-13)17(5-6-22-16)24-19-9-18-12(10-23-25-18)7-15(19)20(21)26/h3-11H,1-2H3,(H2,21,26)(H,22,24)(H,23,25). The molecule has 0 aliphatic carbocycles. The first-order valence-corrected chi connectivity index (χ1v) is 10.5. The average Bonchev–Trinajstić information content (AvgIpc) is 3.14. The van der Waals surface area contributed by atoms with Crippen molar-refractivity contribution in [1.82, 2.24) is 15.2 Å². The van der Waals surface area contributed by atoms with Crippen LogP contribution in [0.5, 0.6) is 0 Å². The fourth-order valence-electron chi connectivity index (χ4n) is 3.13. The second-order valence-corrected chi connectivity index (χ2v) is 9.48. The van der Waals surface area contributed by atoms with Crippen LogP contribution in [0.2, 0.25) is 0 Å². The molecule has 0 spiro atoms. The number of nitrogens with two attached hydrogens (primary N) is 1. The minimum absolute atomic E-state index is 0.218. The zero-order valence-electron chi connectivity index (χ0n) is 15.8. The second kappa shape index (κ2) is 6.85. The van der Waals surface area contributed by atoms with Crippen LogP contribution in [-0.4, -0.2) is 34.8 Å². The number of fused-ring (bicyclic) bond motifs is 2. The van der Waals surface area contributed by atoms with Crippen LogP contribution in [0.4, 0.5) is 11.4 Å². The zero-order chi connectivity index (χ0) is 20.8. The summed E-state index contributed by atoms with van der Waals surface area (Å²) in [5.41, 5.74) is 8.31. The molecule has 0 aliphatic heterocycles. The number of aromatic nitrogens is 3. The highest BCUT2D eigenvalue weighted by atomic mass is 32.2. The highest BCUT2D eigenvalue weighted by molar-refractivity contribution is 7.92. The van der Waals surface area contributed by atoms with E-state index in [2.05, 4.69) is 20.5 Å². The molecule has 0 bridgehead atoms. The van der Waals surface area contributed by atoms with Gasteiger partial charge in [0, 0.05) is 22.7 Å². The van der Waals surface area contributed by atoms with Crippen molar-refractivity contribution in [3.8, 4) is 0 Å². The third kappa shape index (κ3) is 3.29. The van der Waals surface area contributed by atoms with Gasteiger partial charge in [-0.25, -0.2) is 8.42 Å². The number of H-pyrrole nitrogens is 1. The Kier molecular flexibility index (Phi) is 4.46. The minimum atomic E-state index is -3.44. The number of sulfone groups is 1. The molecule has 0 saturated carbocycles. The van der Waals surface area contributed by atoms with Gasteiger partial charge < -0.3 is 11.1 Å². The number of hydrogen-bond donors (Lipinski definition) is 3. The van der Waals surface area contributed by atoms with Crippen LogP contribution in [0.25, 0.3) is 21.8 Å². The molecule has 1 amide bonds. The fraction of sp³-hybridized carbons (Fsp3) is 0.150. The van der Waals surface area contributed by atoms with Gasteiger partial charge in [0.15, 0.2) is 9.84 Å². The van der Waals surface area contributed by atoms with E-state index in [1.807, 2.05) is 0 Å². The van der Waals surface area contributed by atoms with Gasteiger partial charge >= 0.3 is 0 Å². The zero-order valence-corrected chi connectivity index (χ0v) is 16.6. The monoisotopic (exact) mass is 409 g/mol. The molecule has 4 rings (SSSR count). The first-order valence-electron chi connectivity index (χ1n) is 8.94. The van der Waals surface area contributed by atoms with E-state index in [0.717, 1.165) is 10.9 Å². The Morgan fingerprint density at radius 1 is 1.14 bits per heavy atom. The van der Waals surface area contributed by atoms with Gasteiger partial charge in [0.25, 0.3) is 5.91 Å². The number of aromatic amines is 1. The van der Waals surface area contributed by atoms with E-state index in [1.165, 1.54) is 0 Å². The number of rotatable bonds is 5. The van der Waals surface area contributed by atoms with E-state index in [-0.39, 0.29) is 4.90 Å². The summed E-state index contributed by atoms with van der Waals surface area (Å²) in [6.45, 7) is 3.28. The molecule has 8 nitrogen and oxygen atoms in total. The molecule has 9 heteroatoms. The summed E-state index contributed by atoms with van der Waals surface area (Å²) >= 11 is 0. The van der Waals surface area contributed by atoms with Crippen molar-refractivity contribution in [2.24, 2.45) is 5.73 Å². The van der Waals surface area contributed by atoms with Crippen LogP contribution in [0.15, 0.2) is 53.7 Å². The predicted molar refractivity (Wildman–Crippen MR) is 112 cm³/mol. The Labute approximate surface area is 167 Å². The van der Waals surface area contributed by atoms with E-state index >= 15 is 0 Å². The molecule has 0 aliphatic rings. The smallest absolute Gasteiger partial charge is 0.250 e. The lowest BCUT2D eigenvalue weighted by atomic mass is 10.1. The maximum Gasteiger partial charge on any atom is 0.250 e. The van der Waals surface area contributed by atoms with E-state index in [0.29, 0.717) is 27.8 Å². The normalized spacial score (nSPS) is 12.0. The third-order valence-electron chi connectivity index (χ3n) is 4.78. The molecule has 0 radical (unpaired) electrons. The number of carbonyl (C=O) groups excluding carboxylic acids is 1. The Bertz CT molecular complexity index is 1360. The van der Waals surface area contributed by atoms with Crippen molar-refractivity contribution in [2.45, 2.75) is 24.0 Å². The Hall–Kier alpha value is -3.46. The quantitative estimate of drug-likeness (QED) is 0.464. The van der Waals surface area contributed by atoms with Crippen molar-refractivity contribution >= 4 is 48.9 Å². The predicted octanol–water partition coefficient (Wildman–Crippen LogP) is 3.14. The summed E-state index contributed by atoms with van der Waals surface area (Å²) in [6.07, 6.45) is 3.22. The summed E-state index contributed by atoms with van der Waals surface area (Å²) < 4.78 is 25.2. The molecule has 4 aromatic rings. The number of hydrogen-bond acceptors (Lipinski definition) is 6. The number of carbonyl (C=O) groups is 1. The molecule has 0 fully saturated rings. The fourth-order valence-corrected chi connectivity index (χ4v) is 4.21. The Morgan fingerprint density at radius 2 is 1.93 bits per heavy atom. The lowest BCUT2D eigenvalue weighted by molar-refractivity contribution is 0.100. The van der Waals surface area contributed by atoms with E-state index in [4.69, 9.17) is 5.73 Å². The van der Waals surface area contributed by atoms with Crippen LogP contribution in [0.3, 0.4) is 0 Å². The summed E-state index contributed by atoms with van der Waals surface area (Å²) in [7, 11) is -3.44. The molecular formula is C20H19N5O3S. The SMILES string of the molecule is CC(C)S(=O)(=O)c1ccc2nccc(Nc3cc4[nH]ncc4cc3C(N)=O)c2c1. The molecule has 2 heterocycles. The first-order chi connectivity index (χ1) is 13.8. The van der Waals surface area contributed by atoms with Crippen molar-refractivity contribution in [3.05, 3.63) is 54.4 Å². The lowest BCUT2D eigenvalue weighted by Crippen LogP contribution is -2.14. The van der Waals surface area contributed by atoms with Gasteiger partial charge in [-0.3, -0.25) is 14.9 Å². The van der Waals surface area contributed by atoms with Crippen LogP contribution in [-0.2, 0) is 9.84 Å². The largest absolute Gasteiger partial charge is 0.366 e. The maximum atomic E-state index is 12.6. The van der Waals surface area contributed by atoms with Crippen molar-refractivity contribution in [1.29, 1.82) is 0 Å². The highest BCUT2D eigenvalue weighted by Gasteiger charge is 2.20. The summed E-state index contributed by atoms with van der Waals surface area (Å²) in [4.78, 5) is 16.5. The van der Waals surface area contributed by atoms with Gasteiger partial charge in [-0.1, -0.05) is 0 Å². The lowest BCUT2D eigenvalue weighted by Gasteiger charge is -2.14. The number of nitrogens with one attached hydrogen (secondary N) is 2. The van der Waals surface area contributed by atoms with E-state index < -0.39 is 21.0 Å². The average molecular weight is 409 g/mol. The molecule has 4 N–H and O–H groups in total. The van der Waals surface area contributed by atoms with Crippen LogP contribution < -0.4 is 11.1 Å². The molecule has 2 aromatic heterocycles. The van der Waals surface area contributed by atoms with Gasteiger partial charge in [0.05, 0.1) is 38.6 Å². The molecule has 148 valence electrons. The van der Waals surface area contributed by atoms with Crippen LogP contribution in [0, 0.1) is 0 Å². The van der Waals surface area contributed by atoms with E-state index in [1.54, 1.807) is 62.6 Å². The van der Waals surface area contributed by atoms with Crippen molar-refractivity contribution in [3.63, 3.8) is 0 Å². The topological polar surface area (TPSA) is 131 Å². The second-order valence-electron chi connectivity index (χ2n) is 6.98. The molecule has 0 atom stereocenters. The Morgan fingerprint density at radius 3 is 2.66 bits per heavy atom. The van der Waals surface area contributed by atoms with Crippen molar-refractivity contribution in [2.75, 3.05) is 5.32 Å². The summed E-state index contributed by atoms with van der Waals surface area (Å²) in [6, 6.07) is 9.93. The van der Waals surface area contributed by atoms with Gasteiger partial charge in [-0.2, -0.15) is 5.10 Å². The molecule has 29 heavy (non-hydrogen) atoms. The number of benzene rings is 2. The van der Waals surface area contributed by atoms with Crippen molar-refractivity contribution < 1.29 is 13.2 Å². The number of pyridine rings is 1. The van der Waals surface area contributed by atoms with Gasteiger partial charge in [0.2, 0.25) is 0 Å². The maximum absolute atomic E-state index is 12.6. The summed E-state index contributed by atoms with van der Waals surface area (Å²) in [5, 5.41) is 10.9. The van der Waals surface area contributed by atoms with Crippen LogP contribution in [0.1, 0.15) is 24.2 Å². The number of amides is 1. The molecule has 2 aromatic carbocycles. The number of nitrogens with zero attached hydrogens (tertiary/aromatic N) is 2. The molecule has 0 saturated heterocycles. The third-order valence-corrected chi connectivity index (χ3v) is 6.93. The van der Waals surface area contributed by atoms with Gasteiger partial charge in [-0.05, 0) is 50.2 Å². The van der Waals surface area contributed by atoms with Gasteiger partial charge in [0.1, 0.15) is 0 Å². The number of primary amides is 1. The number of anilines is 2. The highest BCUT2D eigenvalue weighted by Crippen LogP contribution is 2.31. The Balaban J connectivity index is 1.88. The first kappa shape index (κ1) is 18.9. The molecular weight excluding hydrogens is 390 g/mol. The summed E-state index contributed by atoms with van der Waals surface area (Å²) in [5.74, 6) is -0.586. The van der Waals surface area contributed by atoms with Crippen LogP contribution >= 0.6 is 0 Å². The molecule has 0 unspecified atom stereocenters. The minimum Gasteiger partial charge on any atom is -0.366 e. The van der Waals surface area contributed by atoms with E-state index in [9.17, 15) is 13.2 Å². The van der Waals surface area contributed by atoms with Gasteiger partial charge in [-0.15, -0.1) is 0 Å².